The molecule has 0 unspecified atom stereocenters. The maximum atomic E-state index is 4.69. The molecule has 4 nitrogen and oxygen atoms in total. The Bertz CT molecular complexity index is 423. The maximum Gasteiger partial charge on any atom is 0.134 e. The van der Waals surface area contributed by atoms with Gasteiger partial charge in [0.1, 0.15) is 17.5 Å². The van der Waals surface area contributed by atoms with Gasteiger partial charge in [-0.3, -0.25) is 0 Å². The Kier molecular flexibility index (Phi) is 5.62. The molecule has 1 aliphatic rings. The first-order valence-corrected chi connectivity index (χ1v) is 8.06. The lowest BCUT2D eigenvalue weighted by molar-refractivity contribution is 0.470. The average molecular weight is 276 g/mol. The van der Waals surface area contributed by atoms with Gasteiger partial charge in [-0.15, -0.1) is 0 Å². The summed E-state index contributed by atoms with van der Waals surface area (Å²) in [5.74, 6) is 2.88. The van der Waals surface area contributed by atoms with Gasteiger partial charge in [-0.2, -0.15) is 0 Å². The van der Waals surface area contributed by atoms with Crippen molar-refractivity contribution in [1.29, 1.82) is 0 Å². The minimum absolute atomic E-state index is 0.568. The summed E-state index contributed by atoms with van der Waals surface area (Å²) in [6.45, 7) is 4.19. The Morgan fingerprint density at radius 1 is 1.00 bits per heavy atom. The van der Waals surface area contributed by atoms with Crippen LogP contribution < -0.4 is 10.6 Å². The summed E-state index contributed by atoms with van der Waals surface area (Å²) in [5.41, 5.74) is 1.13. The second-order valence-corrected chi connectivity index (χ2v) is 5.75. The first kappa shape index (κ1) is 15.1. The molecule has 1 fully saturated rings. The summed E-state index contributed by atoms with van der Waals surface area (Å²) in [5, 5.41) is 6.85. The standard InChI is InChI=1S/C16H28N4/c1-4-14-19-15(17-3)12(2)16(20-14)18-13-10-8-6-5-7-9-11-13/h13H,4-11H2,1-3H3,(H2,17,18,19,20). The zero-order valence-electron chi connectivity index (χ0n) is 13.1. The molecule has 4 heteroatoms. The molecule has 1 aromatic heterocycles. The van der Waals surface area contributed by atoms with E-state index in [4.69, 9.17) is 0 Å². The number of rotatable bonds is 4. The van der Waals surface area contributed by atoms with E-state index in [0.717, 1.165) is 29.4 Å². The Balaban J connectivity index is 2.14. The fourth-order valence-corrected chi connectivity index (χ4v) is 2.90. The van der Waals surface area contributed by atoms with Crippen molar-refractivity contribution >= 4 is 11.6 Å². The van der Waals surface area contributed by atoms with Crippen LogP contribution in [0.25, 0.3) is 0 Å². The van der Waals surface area contributed by atoms with E-state index in [1.54, 1.807) is 0 Å². The Hall–Kier alpha value is -1.32. The fourth-order valence-electron chi connectivity index (χ4n) is 2.90. The molecular formula is C16H28N4. The molecule has 1 saturated carbocycles. The van der Waals surface area contributed by atoms with Crippen LogP contribution in [0.3, 0.4) is 0 Å². The molecule has 2 rings (SSSR count). The number of hydrogen-bond acceptors (Lipinski definition) is 4. The zero-order valence-corrected chi connectivity index (χ0v) is 13.1. The van der Waals surface area contributed by atoms with Crippen molar-refractivity contribution in [3.8, 4) is 0 Å². The zero-order chi connectivity index (χ0) is 14.4. The molecule has 0 radical (unpaired) electrons. The summed E-state index contributed by atoms with van der Waals surface area (Å²) in [6, 6.07) is 0.568. The molecule has 1 aromatic rings. The molecule has 112 valence electrons. The summed E-state index contributed by atoms with van der Waals surface area (Å²) in [7, 11) is 1.92. The van der Waals surface area contributed by atoms with Gasteiger partial charge < -0.3 is 10.6 Å². The van der Waals surface area contributed by atoms with Gasteiger partial charge in [0.25, 0.3) is 0 Å². The number of nitrogens with one attached hydrogen (secondary N) is 2. The van der Waals surface area contributed by atoms with Crippen LogP contribution in [-0.4, -0.2) is 23.1 Å². The summed E-state index contributed by atoms with van der Waals surface area (Å²) >= 11 is 0. The molecule has 0 amide bonds. The molecule has 20 heavy (non-hydrogen) atoms. The Morgan fingerprint density at radius 3 is 2.20 bits per heavy atom. The van der Waals surface area contributed by atoms with Crippen molar-refractivity contribution < 1.29 is 0 Å². The molecule has 1 heterocycles. The molecular weight excluding hydrogens is 248 g/mol. The van der Waals surface area contributed by atoms with Crippen LogP contribution in [-0.2, 0) is 6.42 Å². The summed E-state index contributed by atoms with van der Waals surface area (Å²) in [4.78, 5) is 9.22. The molecule has 2 N–H and O–H groups in total. The molecule has 0 saturated heterocycles. The van der Waals surface area contributed by atoms with Crippen LogP contribution >= 0.6 is 0 Å². The van der Waals surface area contributed by atoms with Crippen molar-refractivity contribution in [2.75, 3.05) is 17.7 Å². The van der Waals surface area contributed by atoms with Crippen molar-refractivity contribution in [2.45, 2.75) is 71.3 Å². The van der Waals surface area contributed by atoms with Crippen LogP contribution in [0.15, 0.2) is 0 Å². The maximum absolute atomic E-state index is 4.69. The van der Waals surface area contributed by atoms with Crippen LogP contribution in [0.5, 0.6) is 0 Å². The van der Waals surface area contributed by atoms with Crippen molar-refractivity contribution in [3.63, 3.8) is 0 Å². The van der Waals surface area contributed by atoms with Crippen molar-refractivity contribution in [2.24, 2.45) is 0 Å². The Labute approximate surface area is 122 Å². The number of nitrogens with zero attached hydrogens (tertiary/aromatic N) is 2. The summed E-state index contributed by atoms with van der Waals surface area (Å²) < 4.78 is 0. The van der Waals surface area contributed by atoms with E-state index in [0.29, 0.717) is 6.04 Å². The van der Waals surface area contributed by atoms with Gasteiger partial charge in [-0.25, -0.2) is 9.97 Å². The molecule has 0 atom stereocenters. The van der Waals surface area contributed by atoms with Gasteiger partial charge in [0, 0.05) is 25.1 Å². The monoisotopic (exact) mass is 276 g/mol. The van der Waals surface area contributed by atoms with Crippen LogP contribution in [0.1, 0.15) is 63.3 Å². The third kappa shape index (κ3) is 3.84. The molecule has 0 aliphatic heterocycles. The SMILES string of the molecule is CCc1nc(NC)c(C)c(NC2CCCCCCC2)n1. The number of aromatic nitrogens is 2. The van der Waals surface area contributed by atoms with Gasteiger partial charge in [0.15, 0.2) is 0 Å². The number of aryl methyl sites for hydroxylation is 1. The van der Waals surface area contributed by atoms with E-state index in [9.17, 15) is 0 Å². The second kappa shape index (κ2) is 7.46. The first-order valence-electron chi connectivity index (χ1n) is 8.06. The van der Waals surface area contributed by atoms with Gasteiger partial charge in [-0.1, -0.05) is 39.0 Å². The smallest absolute Gasteiger partial charge is 0.134 e. The highest BCUT2D eigenvalue weighted by Crippen LogP contribution is 2.24. The normalized spacial score (nSPS) is 17.4. The third-order valence-electron chi connectivity index (χ3n) is 4.19. The Morgan fingerprint density at radius 2 is 1.60 bits per heavy atom. The predicted octanol–water partition coefficient (Wildman–Crippen LogP) is 3.91. The van der Waals surface area contributed by atoms with E-state index in [-0.39, 0.29) is 0 Å². The van der Waals surface area contributed by atoms with Crippen LogP contribution in [0, 0.1) is 6.92 Å². The van der Waals surface area contributed by atoms with Gasteiger partial charge in [-0.05, 0) is 19.8 Å². The van der Waals surface area contributed by atoms with E-state index in [2.05, 4.69) is 34.4 Å². The highest BCUT2D eigenvalue weighted by molar-refractivity contribution is 5.57. The van der Waals surface area contributed by atoms with Gasteiger partial charge in [0.2, 0.25) is 0 Å². The molecule has 0 spiro atoms. The van der Waals surface area contributed by atoms with E-state index < -0.39 is 0 Å². The minimum Gasteiger partial charge on any atom is -0.373 e. The fraction of sp³-hybridized carbons (Fsp3) is 0.750. The number of hydrogen-bond donors (Lipinski definition) is 2. The predicted molar refractivity (Wildman–Crippen MR) is 85.4 cm³/mol. The lowest BCUT2D eigenvalue weighted by Crippen LogP contribution is -2.22. The largest absolute Gasteiger partial charge is 0.373 e. The van der Waals surface area contributed by atoms with Crippen molar-refractivity contribution in [1.82, 2.24) is 9.97 Å². The summed E-state index contributed by atoms with van der Waals surface area (Å²) in [6.07, 6.45) is 10.2. The van der Waals surface area contributed by atoms with Gasteiger partial charge in [0.05, 0.1) is 0 Å². The van der Waals surface area contributed by atoms with Crippen LogP contribution in [0.4, 0.5) is 11.6 Å². The van der Waals surface area contributed by atoms with E-state index >= 15 is 0 Å². The average Bonchev–Trinajstić information content (AvgIpc) is 2.43. The minimum atomic E-state index is 0.568. The van der Waals surface area contributed by atoms with Crippen LogP contribution in [0.2, 0.25) is 0 Å². The number of anilines is 2. The lowest BCUT2D eigenvalue weighted by Gasteiger charge is -2.23. The van der Waals surface area contributed by atoms with E-state index in [1.165, 1.54) is 44.9 Å². The first-order chi connectivity index (χ1) is 9.74. The molecule has 0 aromatic carbocycles. The molecule has 0 bridgehead atoms. The highest BCUT2D eigenvalue weighted by Gasteiger charge is 2.15. The topological polar surface area (TPSA) is 49.8 Å². The molecule has 1 aliphatic carbocycles. The highest BCUT2D eigenvalue weighted by atomic mass is 15.1. The third-order valence-corrected chi connectivity index (χ3v) is 4.19. The van der Waals surface area contributed by atoms with Gasteiger partial charge >= 0.3 is 0 Å². The van der Waals surface area contributed by atoms with E-state index in [1.807, 2.05) is 7.05 Å². The quantitative estimate of drug-likeness (QED) is 0.875. The van der Waals surface area contributed by atoms with Crippen molar-refractivity contribution in [3.05, 3.63) is 11.4 Å². The lowest BCUT2D eigenvalue weighted by atomic mass is 9.96. The second-order valence-electron chi connectivity index (χ2n) is 5.75.